The van der Waals surface area contributed by atoms with Crippen molar-refractivity contribution in [2.24, 2.45) is 0 Å². The van der Waals surface area contributed by atoms with Gasteiger partial charge in [0.1, 0.15) is 18.0 Å². The number of aliphatic carboxylic acids is 1. The Hall–Kier alpha value is -1.99. The van der Waals surface area contributed by atoms with Gasteiger partial charge in [-0.3, -0.25) is 14.5 Å². The Kier molecular flexibility index (Phi) is 8.28. The maximum Gasteiger partial charge on any atom is 0.303 e. The molecule has 0 radical (unpaired) electrons. The van der Waals surface area contributed by atoms with Crippen LogP contribution in [-0.4, -0.2) is 52.1 Å². The largest absolute Gasteiger partial charge is 0.481 e. The van der Waals surface area contributed by atoms with Gasteiger partial charge in [0.2, 0.25) is 5.91 Å². The van der Waals surface area contributed by atoms with Crippen LogP contribution in [0.15, 0.2) is 42.5 Å². The smallest absolute Gasteiger partial charge is 0.303 e. The van der Waals surface area contributed by atoms with Crippen LogP contribution in [0, 0.1) is 0 Å². The maximum absolute atomic E-state index is 13.5. The van der Waals surface area contributed by atoms with E-state index in [1.165, 1.54) is 0 Å². The van der Waals surface area contributed by atoms with Crippen molar-refractivity contribution >= 4 is 46.7 Å². The summed E-state index contributed by atoms with van der Waals surface area (Å²) >= 11 is 18.1. The van der Waals surface area contributed by atoms with Gasteiger partial charge in [0.15, 0.2) is 0 Å². The number of carbonyl (C=O) groups is 2. The Balaban J connectivity index is 1.69. The van der Waals surface area contributed by atoms with E-state index < -0.39 is 11.5 Å². The van der Waals surface area contributed by atoms with Crippen LogP contribution in [0.2, 0.25) is 15.1 Å². The van der Waals surface area contributed by atoms with E-state index in [0.29, 0.717) is 53.3 Å². The zero-order valence-corrected chi connectivity index (χ0v) is 20.0. The third kappa shape index (κ3) is 6.07. The zero-order chi connectivity index (χ0) is 23.3. The SMILES string of the molecule is CC1(C(=O)N(CCCC(=O)O)Cc2ccc(Cl)cc2)CCN1COc1ccc(Cl)cc1Cl. The van der Waals surface area contributed by atoms with Gasteiger partial charge in [-0.25, -0.2) is 0 Å². The topological polar surface area (TPSA) is 70.1 Å². The van der Waals surface area contributed by atoms with Crippen molar-refractivity contribution < 1.29 is 19.4 Å². The number of hydrogen-bond acceptors (Lipinski definition) is 4. The number of carboxylic acids is 1. The minimum atomic E-state index is -0.881. The van der Waals surface area contributed by atoms with E-state index in [0.717, 1.165) is 5.56 Å². The van der Waals surface area contributed by atoms with Gasteiger partial charge in [-0.1, -0.05) is 46.9 Å². The normalized spacial score (nSPS) is 18.1. The predicted molar refractivity (Wildman–Crippen MR) is 125 cm³/mol. The maximum atomic E-state index is 13.5. The van der Waals surface area contributed by atoms with Crippen LogP contribution < -0.4 is 4.74 Å². The lowest BCUT2D eigenvalue weighted by Gasteiger charge is -2.50. The fraction of sp³-hybridized carbons (Fsp3) is 0.391. The molecule has 32 heavy (non-hydrogen) atoms. The summed E-state index contributed by atoms with van der Waals surface area (Å²) in [4.78, 5) is 28.2. The third-order valence-corrected chi connectivity index (χ3v) is 6.47. The van der Waals surface area contributed by atoms with Gasteiger partial charge in [-0.15, -0.1) is 0 Å². The number of halogens is 3. The quantitative estimate of drug-likeness (QED) is 0.478. The molecule has 0 saturated carbocycles. The van der Waals surface area contributed by atoms with Gasteiger partial charge in [0.25, 0.3) is 0 Å². The van der Waals surface area contributed by atoms with Crippen LogP contribution in [0.3, 0.4) is 0 Å². The molecule has 172 valence electrons. The van der Waals surface area contributed by atoms with E-state index in [2.05, 4.69) is 0 Å². The Morgan fingerprint density at radius 2 is 1.81 bits per heavy atom. The second kappa shape index (κ2) is 10.8. The molecule has 1 fully saturated rings. The van der Waals surface area contributed by atoms with E-state index >= 15 is 0 Å². The van der Waals surface area contributed by atoms with E-state index in [1.807, 2.05) is 24.0 Å². The number of ether oxygens (including phenoxy) is 1. The van der Waals surface area contributed by atoms with E-state index in [9.17, 15) is 9.59 Å². The molecular formula is C23H25Cl3N2O4. The van der Waals surface area contributed by atoms with Crippen LogP contribution in [-0.2, 0) is 16.1 Å². The van der Waals surface area contributed by atoms with Crippen molar-refractivity contribution in [1.29, 1.82) is 0 Å². The molecule has 0 bridgehead atoms. The summed E-state index contributed by atoms with van der Waals surface area (Å²) in [6.45, 7) is 3.52. The number of likely N-dealkylation sites (tertiary alicyclic amines) is 1. The summed E-state index contributed by atoms with van der Waals surface area (Å²) in [5, 5.41) is 10.5. The van der Waals surface area contributed by atoms with Crippen LogP contribution in [0.5, 0.6) is 5.75 Å². The van der Waals surface area contributed by atoms with Gasteiger partial charge in [0, 0.05) is 36.1 Å². The lowest BCUT2D eigenvalue weighted by atomic mass is 9.85. The summed E-state index contributed by atoms with van der Waals surface area (Å²) in [5.41, 5.74) is 0.186. The molecule has 1 atom stereocenters. The zero-order valence-electron chi connectivity index (χ0n) is 17.7. The molecule has 9 heteroatoms. The van der Waals surface area contributed by atoms with Crippen molar-refractivity contribution in [2.45, 2.75) is 38.3 Å². The highest BCUT2D eigenvalue weighted by atomic mass is 35.5. The minimum absolute atomic E-state index is 0.00298. The van der Waals surface area contributed by atoms with Crippen molar-refractivity contribution in [3.05, 3.63) is 63.1 Å². The van der Waals surface area contributed by atoms with Crippen LogP contribution in [0.4, 0.5) is 0 Å². The second-order valence-electron chi connectivity index (χ2n) is 7.99. The first-order chi connectivity index (χ1) is 15.2. The monoisotopic (exact) mass is 498 g/mol. The molecule has 2 aromatic rings. The molecule has 1 unspecified atom stereocenters. The van der Waals surface area contributed by atoms with Crippen LogP contribution in [0.25, 0.3) is 0 Å². The van der Waals surface area contributed by atoms with Gasteiger partial charge < -0.3 is 14.7 Å². The minimum Gasteiger partial charge on any atom is -0.481 e. The number of amides is 1. The molecule has 0 aromatic heterocycles. The number of nitrogens with zero attached hydrogens (tertiary/aromatic N) is 2. The lowest BCUT2D eigenvalue weighted by molar-refractivity contribution is -0.158. The van der Waals surface area contributed by atoms with Crippen molar-refractivity contribution in [2.75, 3.05) is 19.8 Å². The molecule has 6 nitrogen and oxygen atoms in total. The number of carboxylic acid groups (broad SMARTS) is 1. The number of rotatable bonds is 10. The molecule has 1 aliphatic rings. The molecule has 0 aliphatic carbocycles. The Labute approximate surface area is 202 Å². The molecule has 1 saturated heterocycles. The van der Waals surface area contributed by atoms with Crippen LogP contribution >= 0.6 is 34.8 Å². The van der Waals surface area contributed by atoms with E-state index in [-0.39, 0.29) is 19.1 Å². The Morgan fingerprint density at radius 1 is 1.12 bits per heavy atom. The summed E-state index contributed by atoms with van der Waals surface area (Å²) < 4.78 is 5.84. The second-order valence-corrected chi connectivity index (χ2v) is 9.27. The fourth-order valence-electron chi connectivity index (χ4n) is 3.62. The number of hydrogen-bond donors (Lipinski definition) is 1. The van der Waals surface area contributed by atoms with Gasteiger partial charge >= 0.3 is 5.97 Å². The first-order valence-electron chi connectivity index (χ1n) is 10.3. The molecule has 1 N–H and O–H groups in total. The van der Waals surface area contributed by atoms with Crippen molar-refractivity contribution in [3.63, 3.8) is 0 Å². The molecule has 2 aromatic carbocycles. The Bertz CT molecular complexity index is 970. The average molecular weight is 500 g/mol. The predicted octanol–water partition coefficient (Wildman–Crippen LogP) is 5.34. The summed E-state index contributed by atoms with van der Waals surface area (Å²) in [6.07, 6.45) is 1.06. The summed E-state index contributed by atoms with van der Waals surface area (Å²) in [7, 11) is 0. The highest BCUT2D eigenvalue weighted by Crippen LogP contribution is 2.34. The van der Waals surface area contributed by atoms with Gasteiger partial charge in [0.05, 0.1) is 5.02 Å². The highest BCUT2D eigenvalue weighted by Gasteiger charge is 2.49. The third-order valence-electron chi connectivity index (χ3n) is 5.69. The lowest BCUT2D eigenvalue weighted by Crippen LogP contribution is -2.66. The number of carbonyl (C=O) groups excluding carboxylic acids is 1. The number of benzene rings is 2. The van der Waals surface area contributed by atoms with E-state index in [4.69, 9.17) is 44.6 Å². The molecular weight excluding hydrogens is 475 g/mol. The molecule has 3 rings (SSSR count). The summed E-state index contributed by atoms with van der Waals surface area (Å²) in [5.74, 6) is -0.444. The Morgan fingerprint density at radius 3 is 2.41 bits per heavy atom. The van der Waals surface area contributed by atoms with Crippen molar-refractivity contribution in [3.8, 4) is 5.75 Å². The van der Waals surface area contributed by atoms with Gasteiger partial charge in [-0.2, -0.15) is 0 Å². The molecule has 0 spiro atoms. The molecule has 1 amide bonds. The van der Waals surface area contributed by atoms with E-state index in [1.54, 1.807) is 35.2 Å². The standard InChI is InChI=1S/C23H25Cl3N2O4/c1-23(10-12-28(23)15-32-20-9-8-18(25)13-19(20)26)22(31)27(11-2-3-21(29)30)14-16-4-6-17(24)7-5-16/h4-9,13H,2-3,10-12,14-15H2,1H3,(H,29,30). The average Bonchev–Trinajstić information content (AvgIpc) is 2.74. The summed E-state index contributed by atoms with van der Waals surface area (Å²) in [6, 6.07) is 12.3. The molecule has 1 heterocycles. The highest BCUT2D eigenvalue weighted by molar-refractivity contribution is 6.35. The van der Waals surface area contributed by atoms with Crippen LogP contribution in [0.1, 0.15) is 31.7 Å². The van der Waals surface area contributed by atoms with Crippen molar-refractivity contribution in [1.82, 2.24) is 9.80 Å². The van der Waals surface area contributed by atoms with Gasteiger partial charge in [-0.05, 0) is 55.7 Å². The fourth-order valence-corrected chi connectivity index (χ4v) is 4.21. The first kappa shape index (κ1) is 24.6. The molecule has 1 aliphatic heterocycles. The first-order valence-corrected chi connectivity index (χ1v) is 11.4.